The largest absolute Gasteiger partial charge is 0.389 e. The lowest BCUT2D eigenvalue weighted by molar-refractivity contribution is 0.199. The van der Waals surface area contributed by atoms with Crippen molar-refractivity contribution in [2.45, 2.75) is 51.2 Å². The van der Waals surface area contributed by atoms with Crippen molar-refractivity contribution in [2.24, 2.45) is 0 Å². The fourth-order valence-electron chi connectivity index (χ4n) is 2.67. The van der Waals surface area contributed by atoms with Crippen LogP contribution in [0.1, 0.15) is 50.7 Å². The number of aliphatic hydroxyl groups is 1. The minimum atomic E-state index is -0.454. The molecule has 17 heavy (non-hydrogen) atoms. The fraction of sp³-hybridized carbons (Fsp3) is 0.643. The van der Waals surface area contributed by atoms with Crippen LogP contribution in [0.4, 0.5) is 5.82 Å². The van der Waals surface area contributed by atoms with Crippen molar-refractivity contribution < 1.29 is 5.11 Å². The molecule has 2 rings (SSSR count). The third-order valence-corrected chi connectivity index (χ3v) is 3.72. The van der Waals surface area contributed by atoms with Crippen LogP contribution in [0.15, 0.2) is 18.3 Å². The highest BCUT2D eigenvalue weighted by Gasteiger charge is 2.21. The second kappa shape index (κ2) is 5.50. The van der Waals surface area contributed by atoms with Gasteiger partial charge in [0.15, 0.2) is 0 Å². The van der Waals surface area contributed by atoms with Crippen molar-refractivity contribution in [2.75, 3.05) is 11.9 Å². The van der Waals surface area contributed by atoms with Crippen molar-refractivity contribution in [3.05, 3.63) is 23.9 Å². The summed E-state index contributed by atoms with van der Waals surface area (Å²) in [5.41, 5.74) is 0.931. The number of aliphatic hydroxyl groups excluding tert-OH is 1. The normalized spacial score (nSPS) is 19.0. The first-order valence-electron chi connectivity index (χ1n) is 6.56. The Hall–Kier alpha value is -1.09. The molecule has 1 N–H and O–H groups in total. The molecule has 94 valence electrons. The minimum absolute atomic E-state index is 0.454. The Morgan fingerprint density at radius 1 is 1.35 bits per heavy atom. The van der Waals surface area contributed by atoms with Gasteiger partial charge in [-0.15, -0.1) is 0 Å². The maximum absolute atomic E-state index is 9.79. The molecule has 1 aromatic rings. The van der Waals surface area contributed by atoms with Gasteiger partial charge in [0.25, 0.3) is 0 Å². The lowest BCUT2D eigenvalue weighted by atomic mass is 9.94. The molecule has 1 saturated carbocycles. The Balaban J connectivity index is 2.20. The number of hydrogen-bond acceptors (Lipinski definition) is 3. The van der Waals surface area contributed by atoms with E-state index >= 15 is 0 Å². The minimum Gasteiger partial charge on any atom is -0.389 e. The quantitative estimate of drug-likeness (QED) is 0.873. The molecule has 0 bridgehead atoms. The van der Waals surface area contributed by atoms with Crippen molar-refractivity contribution >= 4 is 5.82 Å². The summed E-state index contributed by atoms with van der Waals surface area (Å²) in [4.78, 5) is 6.69. The van der Waals surface area contributed by atoms with Gasteiger partial charge in [0.05, 0.1) is 6.10 Å². The Morgan fingerprint density at radius 2 is 2.06 bits per heavy atom. The number of nitrogens with zero attached hydrogens (tertiary/aromatic N) is 2. The third kappa shape index (κ3) is 2.78. The topological polar surface area (TPSA) is 36.4 Å². The number of rotatable bonds is 3. The van der Waals surface area contributed by atoms with E-state index < -0.39 is 6.10 Å². The molecule has 0 aliphatic heterocycles. The van der Waals surface area contributed by atoms with Crippen molar-refractivity contribution in [3.63, 3.8) is 0 Å². The second-order valence-corrected chi connectivity index (χ2v) is 4.99. The fourth-order valence-corrected chi connectivity index (χ4v) is 2.67. The number of aromatic nitrogens is 1. The van der Waals surface area contributed by atoms with E-state index in [1.807, 2.05) is 12.1 Å². The highest BCUT2D eigenvalue weighted by molar-refractivity contribution is 5.48. The Kier molecular flexibility index (Phi) is 4.00. The maximum Gasteiger partial charge on any atom is 0.134 e. The van der Waals surface area contributed by atoms with E-state index in [9.17, 15) is 5.11 Å². The molecule has 0 saturated heterocycles. The molecule has 1 unspecified atom stereocenters. The first-order valence-corrected chi connectivity index (χ1v) is 6.56. The molecule has 1 aliphatic carbocycles. The number of hydrogen-bond donors (Lipinski definition) is 1. The monoisotopic (exact) mass is 234 g/mol. The first-order chi connectivity index (χ1) is 8.20. The van der Waals surface area contributed by atoms with E-state index in [0.717, 1.165) is 11.4 Å². The summed E-state index contributed by atoms with van der Waals surface area (Å²) >= 11 is 0. The van der Waals surface area contributed by atoms with Crippen molar-refractivity contribution in [1.82, 2.24) is 4.98 Å². The highest BCUT2D eigenvalue weighted by atomic mass is 16.3. The van der Waals surface area contributed by atoms with Crippen LogP contribution in [0.25, 0.3) is 0 Å². The van der Waals surface area contributed by atoms with Crippen LogP contribution in [-0.4, -0.2) is 23.2 Å². The van der Waals surface area contributed by atoms with Crippen molar-refractivity contribution in [3.8, 4) is 0 Å². The summed E-state index contributed by atoms with van der Waals surface area (Å²) in [6.45, 7) is 1.80. The average molecular weight is 234 g/mol. The molecule has 3 heteroatoms. The van der Waals surface area contributed by atoms with Gasteiger partial charge in [-0.1, -0.05) is 25.3 Å². The van der Waals surface area contributed by atoms with E-state index in [4.69, 9.17) is 0 Å². The van der Waals surface area contributed by atoms with E-state index in [0.29, 0.717) is 6.04 Å². The van der Waals surface area contributed by atoms with Crippen LogP contribution in [0.3, 0.4) is 0 Å². The maximum atomic E-state index is 9.79. The molecule has 0 spiro atoms. The zero-order valence-corrected chi connectivity index (χ0v) is 10.8. The Bertz CT molecular complexity index is 359. The van der Waals surface area contributed by atoms with Crippen LogP contribution < -0.4 is 4.90 Å². The second-order valence-electron chi connectivity index (χ2n) is 4.99. The summed E-state index contributed by atoms with van der Waals surface area (Å²) in [6.07, 6.45) is 7.82. The smallest absolute Gasteiger partial charge is 0.134 e. The van der Waals surface area contributed by atoms with E-state index in [2.05, 4.69) is 16.9 Å². The van der Waals surface area contributed by atoms with Gasteiger partial charge in [-0.3, -0.25) is 0 Å². The number of anilines is 1. The highest BCUT2D eigenvalue weighted by Crippen LogP contribution is 2.29. The van der Waals surface area contributed by atoms with Crippen LogP contribution in [0.5, 0.6) is 0 Å². The number of pyridine rings is 1. The molecule has 0 amide bonds. The first kappa shape index (κ1) is 12.4. The standard InChI is InChI=1S/C14H22N2O/c1-11(17)13-9-6-10-15-14(13)16(2)12-7-4-3-5-8-12/h6,9-12,17H,3-5,7-8H2,1-2H3. The van der Waals surface area contributed by atoms with Gasteiger partial charge in [-0.05, 0) is 25.8 Å². The van der Waals surface area contributed by atoms with E-state index in [1.54, 1.807) is 13.1 Å². The summed E-state index contributed by atoms with van der Waals surface area (Å²) < 4.78 is 0. The predicted molar refractivity (Wildman–Crippen MR) is 70.1 cm³/mol. The average Bonchev–Trinajstić information content (AvgIpc) is 2.39. The van der Waals surface area contributed by atoms with Crippen LogP contribution in [0, 0.1) is 0 Å². The molecule has 1 atom stereocenters. The lowest BCUT2D eigenvalue weighted by Crippen LogP contribution is -2.34. The predicted octanol–water partition coefficient (Wildman–Crippen LogP) is 2.90. The zero-order valence-electron chi connectivity index (χ0n) is 10.8. The summed E-state index contributed by atoms with van der Waals surface area (Å²) in [7, 11) is 2.10. The van der Waals surface area contributed by atoms with Gasteiger partial charge in [-0.2, -0.15) is 0 Å². The van der Waals surface area contributed by atoms with Gasteiger partial charge in [0.2, 0.25) is 0 Å². The van der Waals surface area contributed by atoms with Crippen LogP contribution in [0.2, 0.25) is 0 Å². The SMILES string of the molecule is CC(O)c1cccnc1N(C)C1CCCCC1. The molecule has 0 radical (unpaired) electrons. The Morgan fingerprint density at radius 3 is 2.71 bits per heavy atom. The molecular weight excluding hydrogens is 212 g/mol. The molecule has 0 aromatic carbocycles. The third-order valence-electron chi connectivity index (χ3n) is 3.72. The van der Waals surface area contributed by atoms with E-state index in [1.165, 1.54) is 32.1 Å². The molecule has 1 aromatic heterocycles. The van der Waals surface area contributed by atoms with Gasteiger partial charge < -0.3 is 10.0 Å². The van der Waals surface area contributed by atoms with Crippen LogP contribution >= 0.6 is 0 Å². The Labute approximate surface area is 103 Å². The van der Waals surface area contributed by atoms with Gasteiger partial charge >= 0.3 is 0 Å². The van der Waals surface area contributed by atoms with Gasteiger partial charge in [0, 0.05) is 24.8 Å². The molecular formula is C14H22N2O. The molecule has 1 aliphatic rings. The summed E-state index contributed by atoms with van der Waals surface area (Å²) in [5.74, 6) is 0.939. The van der Waals surface area contributed by atoms with Gasteiger partial charge in [-0.25, -0.2) is 4.98 Å². The zero-order chi connectivity index (χ0) is 12.3. The van der Waals surface area contributed by atoms with Gasteiger partial charge in [0.1, 0.15) is 5.82 Å². The van der Waals surface area contributed by atoms with Crippen LogP contribution in [-0.2, 0) is 0 Å². The van der Waals surface area contributed by atoms with Crippen molar-refractivity contribution in [1.29, 1.82) is 0 Å². The molecule has 1 heterocycles. The molecule has 3 nitrogen and oxygen atoms in total. The lowest BCUT2D eigenvalue weighted by Gasteiger charge is -2.33. The summed E-state index contributed by atoms with van der Waals surface area (Å²) in [6, 6.07) is 4.43. The molecule has 1 fully saturated rings. The van der Waals surface area contributed by atoms with E-state index in [-0.39, 0.29) is 0 Å². The summed E-state index contributed by atoms with van der Waals surface area (Å²) in [5, 5.41) is 9.79.